The summed E-state index contributed by atoms with van der Waals surface area (Å²) in [6.07, 6.45) is -3.19. The fourth-order valence-electron chi connectivity index (χ4n) is 1.11. The van der Waals surface area contributed by atoms with Gasteiger partial charge in [0.15, 0.2) is 21.5 Å². The Morgan fingerprint density at radius 2 is 1.75 bits per heavy atom. The van der Waals surface area contributed by atoms with Gasteiger partial charge in [0.2, 0.25) is 0 Å². The van der Waals surface area contributed by atoms with E-state index in [0.29, 0.717) is 12.1 Å². The molecule has 16 heavy (non-hydrogen) atoms. The van der Waals surface area contributed by atoms with Gasteiger partial charge in [0.05, 0.1) is 11.3 Å². The SMILES string of the molecule is CCS(=O)(=O)c1ccc(C(F)F)c(F)c1F. The molecule has 0 unspecified atom stereocenters. The summed E-state index contributed by atoms with van der Waals surface area (Å²) in [5.41, 5.74) is -1.15. The summed E-state index contributed by atoms with van der Waals surface area (Å²) < 4.78 is 73.1. The number of rotatable bonds is 3. The first kappa shape index (κ1) is 13.0. The molecule has 1 aromatic rings. The van der Waals surface area contributed by atoms with Gasteiger partial charge in [-0.15, -0.1) is 0 Å². The number of sulfone groups is 1. The molecule has 0 spiro atoms. The van der Waals surface area contributed by atoms with Crippen LogP contribution in [0.25, 0.3) is 0 Å². The predicted octanol–water partition coefficient (Wildman–Crippen LogP) is 2.70. The van der Waals surface area contributed by atoms with E-state index >= 15 is 0 Å². The summed E-state index contributed by atoms with van der Waals surface area (Å²) in [7, 11) is -3.95. The van der Waals surface area contributed by atoms with Gasteiger partial charge < -0.3 is 0 Å². The molecular weight excluding hydrogens is 248 g/mol. The third kappa shape index (κ3) is 2.18. The zero-order valence-electron chi connectivity index (χ0n) is 8.18. The van der Waals surface area contributed by atoms with E-state index < -0.39 is 44.1 Å². The minimum atomic E-state index is -3.95. The van der Waals surface area contributed by atoms with Gasteiger partial charge in [0, 0.05) is 0 Å². The van der Waals surface area contributed by atoms with Crippen molar-refractivity contribution in [1.82, 2.24) is 0 Å². The molecule has 0 saturated carbocycles. The molecule has 0 atom stereocenters. The van der Waals surface area contributed by atoms with Crippen molar-refractivity contribution in [3.05, 3.63) is 29.3 Å². The first-order valence-electron chi connectivity index (χ1n) is 4.30. The van der Waals surface area contributed by atoms with Crippen molar-refractivity contribution < 1.29 is 26.0 Å². The van der Waals surface area contributed by atoms with Crippen LogP contribution in [0.4, 0.5) is 17.6 Å². The quantitative estimate of drug-likeness (QED) is 0.779. The van der Waals surface area contributed by atoms with E-state index in [1.807, 2.05) is 0 Å². The minimum absolute atomic E-state index is 0.433. The Kier molecular flexibility index (Phi) is 3.57. The average molecular weight is 256 g/mol. The van der Waals surface area contributed by atoms with Crippen LogP contribution in [0.3, 0.4) is 0 Å². The van der Waals surface area contributed by atoms with E-state index in [0.717, 1.165) is 0 Å². The molecule has 2 nitrogen and oxygen atoms in total. The molecule has 0 amide bonds. The second-order valence-corrected chi connectivity index (χ2v) is 5.23. The van der Waals surface area contributed by atoms with Crippen LogP contribution in [-0.4, -0.2) is 14.2 Å². The Hall–Kier alpha value is -1.11. The third-order valence-corrected chi connectivity index (χ3v) is 3.77. The Morgan fingerprint density at radius 3 is 2.19 bits per heavy atom. The van der Waals surface area contributed by atoms with Crippen LogP contribution in [0.15, 0.2) is 17.0 Å². The molecular formula is C9H8F4O2S. The van der Waals surface area contributed by atoms with E-state index in [1.165, 1.54) is 6.92 Å². The van der Waals surface area contributed by atoms with Crippen LogP contribution >= 0.6 is 0 Å². The van der Waals surface area contributed by atoms with Crippen LogP contribution in [0.2, 0.25) is 0 Å². The van der Waals surface area contributed by atoms with E-state index in [-0.39, 0.29) is 0 Å². The van der Waals surface area contributed by atoms with E-state index in [2.05, 4.69) is 0 Å². The van der Waals surface area contributed by atoms with Gasteiger partial charge in [-0.1, -0.05) is 6.92 Å². The van der Waals surface area contributed by atoms with Gasteiger partial charge >= 0.3 is 0 Å². The summed E-state index contributed by atoms with van der Waals surface area (Å²) >= 11 is 0. The zero-order chi connectivity index (χ0) is 12.5. The van der Waals surface area contributed by atoms with Crippen molar-refractivity contribution in [2.75, 3.05) is 5.75 Å². The zero-order valence-corrected chi connectivity index (χ0v) is 8.99. The highest BCUT2D eigenvalue weighted by molar-refractivity contribution is 7.91. The van der Waals surface area contributed by atoms with Crippen molar-refractivity contribution in [1.29, 1.82) is 0 Å². The molecule has 0 radical (unpaired) electrons. The lowest BCUT2D eigenvalue weighted by Gasteiger charge is -2.07. The van der Waals surface area contributed by atoms with Gasteiger partial charge in [0.25, 0.3) is 6.43 Å². The Balaban J connectivity index is 3.45. The lowest BCUT2D eigenvalue weighted by Crippen LogP contribution is -2.09. The molecule has 0 N–H and O–H groups in total. The smallest absolute Gasteiger partial charge is 0.224 e. The highest BCUT2D eigenvalue weighted by Gasteiger charge is 2.25. The van der Waals surface area contributed by atoms with Crippen molar-refractivity contribution in [3.8, 4) is 0 Å². The van der Waals surface area contributed by atoms with Crippen molar-refractivity contribution in [3.63, 3.8) is 0 Å². The number of alkyl halides is 2. The molecule has 0 saturated heterocycles. The number of benzene rings is 1. The summed E-state index contributed by atoms with van der Waals surface area (Å²) in [4.78, 5) is -0.892. The average Bonchev–Trinajstić information content (AvgIpc) is 2.21. The van der Waals surface area contributed by atoms with Crippen molar-refractivity contribution in [2.45, 2.75) is 18.2 Å². The van der Waals surface area contributed by atoms with Crippen LogP contribution < -0.4 is 0 Å². The molecule has 1 rings (SSSR count). The molecule has 0 aliphatic rings. The van der Waals surface area contributed by atoms with E-state index in [1.54, 1.807) is 0 Å². The largest absolute Gasteiger partial charge is 0.266 e. The van der Waals surface area contributed by atoms with Crippen molar-refractivity contribution >= 4 is 9.84 Å². The minimum Gasteiger partial charge on any atom is -0.224 e. The van der Waals surface area contributed by atoms with E-state index in [9.17, 15) is 26.0 Å². The third-order valence-electron chi connectivity index (χ3n) is 2.03. The van der Waals surface area contributed by atoms with Crippen LogP contribution in [0.5, 0.6) is 0 Å². The molecule has 90 valence electrons. The maximum absolute atomic E-state index is 13.2. The molecule has 0 aliphatic carbocycles. The van der Waals surface area contributed by atoms with Gasteiger partial charge in [-0.2, -0.15) is 0 Å². The fraction of sp³-hybridized carbons (Fsp3) is 0.333. The topological polar surface area (TPSA) is 34.1 Å². The van der Waals surface area contributed by atoms with E-state index in [4.69, 9.17) is 0 Å². The molecule has 0 bridgehead atoms. The number of hydrogen-bond acceptors (Lipinski definition) is 2. The second-order valence-electron chi connectivity index (χ2n) is 2.99. The predicted molar refractivity (Wildman–Crippen MR) is 49.0 cm³/mol. The Bertz CT molecular complexity index is 496. The summed E-state index contributed by atoms with van der Waals surface area (Å²) in [6, 6.07) is 1.23. The lowest BCUT2D eigenvalue weighted by molar-refractivity contribution is 0.144. The molecule has 0 aliphatic heterocycles. The maximum Gasteiger partial charge on any atom is 0.266 e. The number of halogens is 4. The molecule has 0 fully saturated rings. The first-order chi connectivity index (χ1) is 7.31. The lowest BCUT2D eigenvalue weighted by atomic mass is 10.2. The highest BCUT2D eigenvalue weighted by atomic mass is 32.2. The van der Waals surface area contributed by atoms with Crippen LogP contribution in [0.1, 0.15) is 18.9 Å². The normalized spacial score (nSPS) is 12.1. The fourth-order valence-corrected chi connectivity index (χ4v) is 2.06. The van der Waals surface area contributed by atoms with Gasteiger partial charge in [-0.3, -0.25) is 0 Å². The summed E-state index contributed by atoms with van der Waals surface area (Å²) in [6.45, 7) is 1.24. The summed E-state index contributed by atoms with van der Waals surface area (Å²) in [5.74, 6) is -4.00. The van der Waals surface area contributed by atoms with Crippen LogP contribution in [0, 0.1) is 11.6 Å². The van der Waals surface area contributed by atoms with Gasteiger partial charge in [0.1, 0.15) is 4.90 Å². The first-order valence-corrected chi connectivity index (χ1v) is 5.95. The van der Waals surface area contributed by atoms with Gasteiger partial charge in [-0.25, -0.2) is 26.0 Å². The monoisotopic (exact) mass is 256 g/mol. The Labute approximate surface area is 89.8 Å². The highest BCUT2D eigenvalue weighted by Crippen LogP contribution is 2.27. The molecule has 7 heteroatoms. The Morgan fingerprint density at radius 1 is 1.19 bits per heavy atom. The molecule has 0 aromatic heterocycles. The number of hydrogen-bond donors (Lipinski definition) is 0. The van der Waals surface area contributed by atoms with Gasteiger partial charge in [-0.05, 0) is 12.1 Å². The summed E-state index contributed by atoms with van der Waals surface area (Å²) in [5, 5.41) is 0. The standard InChI is InChI=1S/C9H8F4O2S/c1-2-16(14,15)6-4-3-5(9(12)13)7(10)8(6)11/h3-4,9H,2H2,1H3. The second kappa shape index (κ2) is 4.40. The molecule has 1 aromatic carbocycles. The maximum atomic E-state index is 13.2. The van der Waals surface area contributed by atoms with Crippen LogP contribution in [-0.2, 0) is 9.84 Å². The van der Waals surface area contributed by atoms with Crippen molar-refractivity contribution in [2.24, 2.45) is 0 Å². The molecule has 0 heterocycles.